The van der Waals surface area contributed by atoms with Crippen molar-refractivity contribution in [2.75, 3.05) is 13.7 Å². The molecule has 0 N–H and O–H groups in total. The molecule has 0 spiro atoms. The number of benzene rings is 1. The Morgan fingerprint density at radius 3 is 2.74 bits per heavy atom. The third-order valence-corrected chi connectivity index (χ3v) is 6.58. The van der Waals surface area contributed by atoms with Crippen molar-refractivity contribution < 1.29 is 9.53 Å². The number of aryl methyl sites for hydroxylation is 1. The Balaban J connectivity index is 1.58. The molecule has 0 aliphatic carbocycles. The van der Waals surface area contributed by atoms with Crippen LogP contribution in [0.25, 0.3) is 22.0 Å². The Morgan fingerprint density at radius 1 is 1.18 bits per heavy atom. The second-order valence-electron chi connectivity index (χ2n) is 8.62. The Morgan fingerprint density at radius 2 is 2.00 bits per heavy atom. The molecule has 4 aromatic rings. The van der Waals surface area contributed by atoms with Crippen molar-refractivity contribution in [3.05, 3.63) is 70.3 Å². The molecule has 174 valence electrons. The highest BCUT2D eigenvalue weighted by Crippen LogP contribution is 2.33. The topological polar surface area (TPSA) is 95.1 Å². The van der Waals surface area contributed by atoms with Crippen molar-refractivity contribution in [3.63, 3.8) is 0 Å². The van der Waals surface area contributed by atoms with E-state index < -0.39 is 6.04 Å². The van der Waals surface area contributed by atoms with Gasteiger partial charge in [0, 0.05) is 48.9 Å². The molecule has 1 amide bonds. The fourth-order valence-electron chi connectivity index (χ4n) is 4.69. The summed E-state index contributed by atoms with van der Waals surface area (Å²) in [5.41, 5.74) is 4.82. The highest BCUT2D eigenvalue weighted by atomic mass is 16.5. The molecule has 1 aliphatic heterocycles. The van der Waals surface area contributed by atoms with E-state index in [0.717, 1.165) is 33.4 Å². The van der Waals surface area contributed by atoms with Gasteiger partial charge in [0.05, 0.1) is 7.11 Å². The van der Waals surface area contributed by atoms with Gasteiger partial charge in [-0.25, -0.2) is 14.6 Å². The van der Waals surface area contributed by atoms with Gasteiger partial charge in [-0.15, -0.1) is 0 Å². The van der Waals surface area contributed by atoms with Gasteiger partial charge in [0.15, 0.2) is 0 Å². The second kappa shape index (κ2) is 8.40. The first-order chi connectivity index (χ1) is 16.4. The molecule has 0 radical (unpaired) electrons. The van der Waals surface area contributed by atoms with Crippen molar-refractivity contribution in [3.8, 4) is 16.9 Å². The number of aromatic nitrogens is 5. The number of ether oxygens (including phenoxy) is 1. The first kappa shape index (κ1) is 21.8. The average molecular weight is 459 g/mol. The van der Waals surface area contributed by atoms with Crippen LogP contribution in [0.1, 0.15) is 29.9 Å². The van der Waals surface area contributed by atoms with Crippen LogP contribution in [0.5, 0.6) is 5.75 Å². The van der Waals surface area contributed by atoms with Crippen LogP contribution in [0.3, 0.4) is 0 Å². The molecule has 0 unspecified atom stereocenters. The monoisotopic (exact) mass is 458 g/mol. The van der Waals surface area contributed by atoms with Crippen LogP contribution in [-0.4, -0.2) is 48.8 Å². The summed E-state index contributed by atoms with van der Waals surface area (Å²) in [6, 6.07) is 9.14. The number of methoxy groups -OCH3 is 1. The molecule has 1 atom stereocenters. The first-order valence-corrected chi connectivity index (χ1v) is 11.2. The molecule has 0 fully saturated rings. The van der Waals surface area contributed by atoms with Gasteiger partial charge in [-0.2, -0.15) is 5.10 Å². The summed E-state index contributed by atoms with van der Waals surface area (Å²) >= 11 is 0. The number of fused-ring (bicyclic) bond motifs is 2. The maximum Gasteiger partial charge on any atom is 0.258 e. The Labute approximate surface area is 196 Å². The predicted octanol–water partition coefficient (Wildman–Crippen LogP) is 2.65. The maximum absolute atomic E-state index is 13.4. The number of carbonyl (C=O) groups excluding carboxylic acids is 1. The fraction of sp³-hybridized carbons (Fsp3) is 0.320. The van der Waals surface area contributed by atoms with E-state index >= 15 is 0 Å². The lowest BCUT2D eigenvalue weighted by Crippen LogP contribution is -2.41. The van der Waals surface area contributed by atoms with E-state index in [1.54, 1.807) is 29.7 Å². The lowest BCUT2D eigenvalue weighted by atomic mass is 9.96. The zero-order chi connectivity index (χ0) is 24.0. The van der Waals surface area contributed by atoms with E-state index in [1.165, 1.54) is 6.33 Å². The van der Waals surface area contributed by atoms with E-state index in [1.807, 2.05) is 49.1 Å². The SMILES string of the molecule is COc1ccc(-c2cc3c(n(C)c2=O)CCN(C(=O)[C@@H](C)n2cncn2)C3)c2ccc(C)nc12. The summed E-state index contributed by atoms with van der Waals surface area (Å²) in [6.07, 6.45) is 3.58. The summed E-state index contributed by atoms with van der Waals surface area (Å²) in [5, 5.41) is 4.95. The average Bonchev–Trinajstić information content (AvgIpc) is 3.39. The summed E-state index contributed by atoms with van der Waals surface area (Å²) in [7, 11) is 3.41. The molecule has 4 heterocycles. The molecule has 34 heavy (non-hydrogen) atoms. The number of nitrogens with zero attached hydrogens (tertiary/aromatic N) is 6. The van der Waals surface area contributed by atoms with Gasteiger partial charge < -0.3 is 14.2 Å². The van der Waals surface area contributed by atoms with E-state index in [2.05, 4.69) is 15.1 Å². The molecule has 0 saturated heterocycles. The van der Waals surface area contributed by atoms with Gasteiger partial charge in [-0.3, -0.25) is 9.59 Å². The smallest absolute Gasteiger partial charge is 0.258 e. The van der Waals surface area contributed by atoms with Crippen molar-refractivity contribution >= 4 is 16.8 Å². The van der Waals surface area contributed by atoms with Crippen molar-refractivity contribution in [2.45, 2.75) is 32.9 Å². The van der Waals surface area contributed by atoms with Crippen LogP contribution in [0.4, 0.5) is 0 Å². The van der Waals surface area contributed by atoms with Crippen LogP contribution >= 0.6 is 0 Å². The normalized spacial score (nSPS) is 14.2. The van der Waals surface area contributed by atoms with Gasteiger partial charge >= 0.3 is 0 Å². The van der Waals surface area contributed by atoms with Gasteiger partial charge in [0.2, 0.25) is 5.91 Å². The van der Waals surface area contributed by atoms with E-state index in [4.69, 9.17) is 4.74 Å². The van der Waals surface area contributed by atoms with Gasteiger partial charge in [0.25, 0.3) is 5.56 Å². The molecular formula is C25H26N6O3. The highest BCUT2D eigenvalue weighted by Gasteiger charge is 2.28. The third kappa shape index (κ3) is 3.53. The molecular weight excluding hydrogens is 432 g/mol. The molecule has 3 aromatic heterocycles. The van der Waals surface area contributed by atoms with Crippen molar-refractivity contribution in [1.29, 1.82) is 0 Å². The quantitative estimate of drug-likeness (QED) is 0.467. The molecule has 9 nitrogen and oxygen atoms in total. The van der Waals surface area contributed by atoms with Crippen molar-refractivity contribution in [2.24, 2.45) is 7.05 Å². The van der Waals surface area contributed by atoms with Crippen LogP contribution in [-0.2, 0) is 24.8 Å². The maximum atomic E-state index is 13.4. The Kier molecular flexibility index (Phi) is 5.39. The molecule has 5 rings (SSSR count). The molecule has 1 aliphatic rings. The number of hydrogen-bond donors (Lipinski definition) is 0. The standard InChI is InChI=1S/C25H26N6O3/c1-15-5-6-19-18(7-8-22(34-4)23(19)28-15)20-11-17-12-30(10-9-21(17)29(3)25(20)33)24(32)16(2)31-14-26-13-27-31/h5-8,11,13-14,16H,9-10,12H2,1-4H3/t16-/m1/s1. The summed E-state index contributed by atoms with van der Waals surface area (Å²) in [4.78, 5) is 36.9. The minimum Gasteiger partial charge on any atom is -0.494 e. The van der Waals surface area contributed by atoms with Crippen LogP contribution in [0.2, 0.25) is 0 Å². The number of hydrogen-bond acceptors (Lipinski definition) is 6. The predicted molar refractivity (Wildman–Crippen MR) is 128 cm³/mol. The zero-order valence-corrected chi connectivity index (χ0v) is 19.6. The molecule has 0 bridgehead atoms. The van der Waals surface area contributed by atoms with Gasteiger partial charge in [-0.05, 0) is 49.2 Å². The largest absolute Gasteiger partial charge is 0.494 e. The van der Waals surface area contributed by atoms with Gasteiger partial charge in [0.1, 0.15) is 30.0 Å². The lowest BCUT2D eigenvalue weighted by Gasteiger charge is -2.32. The van der Waals surface area contributed by atoms with E-state index in [9.17, 15) is 9.59 Å². The zero-order valence-electron chi connectivity index (χ0n) is 19.6. The van der Waals surface area contributed by atoms with Crippen LogP contribution in [0.15, 0.2) is 47.8 Å². The molecule has 0 saturated carbocycles. The third-order valence-electron chi connectivity index (χ3n) is 6.58. The van der Waals surface area contributed by atoms with Crippen LogP contribution in [0, 0.1) is 6.92 Å². The minimum atomic E-state index is -0.448. The minimum absolute atomic E-state index is 0.0267. The number of rotatable bonds is 4. The van der Waals surface area contributed by atoms with Crippen molar-refractivity contribution in [1.82, 2.24) is 29.2 Å². The summed E-state index contributed by atoms with van der Waals surface area (Å²) in [6.45, 7) is 4.72. The summed E-state index contributed by atoms with van der Waals surface area (Å²) in [5.74, 6) is 0.636. The Hall–Kier alpha value is -4.01. The second-order valence-corrected chi connectivity index (χ2v) is 8.62. The first-order valence-electron chi connectivity index (χ1n) is 11.2. The lowest BCUT2D eigenvalue weighted by molar-refractivity contribution is -0.135. The molecule has 1 aromatic carbocycles. The van der Waals surface area contributed by atoms with Crippen LogP contribution < -0.4 is 10.3 Å². The highest BCUT2D eigenvalue weighted by molar-refractivity contribution is 5.98. The number of carbonyl (C=O) groups is 1. The fourth-order valence-corrected chi connectivity index (χ4v) is 4.69. The Bertz CT molecular complexity index is 1460. The molecule has 9 heteroatoms. The van der Waals surface area contributed by atoms with E-state index in [-0.39, 0.29) is 11.5 Å². The number of amides is 1. The van der Waals surface area contributed by atoms with Gasteiger partial charge in [-0.1, -0.05) is 6.07 Å². The number of pyridine rings is 2. The summed E-state index contributed by atoms with van der Waals surface area (Å²) < 4.78 is 8.78. The van der Waals surface area contributed by atoms with E-state index in [0.29, 0.717) is 30.8 Å².